The number of pyridine rings is 1. The quantitative estimate of drug-likeness (QED) is 0.403. The van der Waals surface area contributed by atoms with Gasteiger partial charge in [0, 0.05) is 37.6 Å². The lowest BCUT2D eigenvalue weighted by Crippen LogP contribution is -2.43. The van der Waals surface area contributed by atoms with E-state index in [4.69, 9.17) is 9.47 Å². The summed E-state index contributed by atoms with van der Waals surface area (Å²) in [5.41, 5.74) is 5.82. The molecule has 1 N–H and O–H groups in total. The van der Waals surface area contributed by atoms with Crippen molar-refractivity contribution in [3.63, 3.8) is 0 Å². The highest BCUT2D eigenvalue weighted by molar-refractivity contribution is 5.94. The zero-order valence-electron chi connectivity index (χ0n) is 20.8. The Morgan fingerprint density at radius 3 is 2.44 bits per heavy atom. The van der Waals surface area contributed by atoms with E-state index in [1.807, 2.05) is 41.1 Å². The van der Waals surface area contributed by atoms with Gasteiger partial charge in [0.15, 0.2) is 0 Å². The Bertz CT molecular complexity index is 1310. The molecule has 2 aromatic heterocycles. The number of aromatic nitrogens is 2. The fourth-order valence-corrected chi connectivity index (χ4v) is 4.40. The van der Waals surface area contributed by atoms with Crippen molar-refractivity contribution in [1.29, 1.82) is 0 Å². The van der Waals surface area contributed by atoms with Crippen LogP contribution >= 0.6 is 0 Å². The number of morpholine rings is 1. The molecule has 0 saturated carbocycles. The molecule has 0 spiro atoms. The van der Waals surface area contributed by atoms with Crippen LogP contribution in [-0.4, -0.2) is 53.0 Å². The molecule has 1 aliphatic heterocycles. The molecule has 5 rings (SSSR count). The summed E-state index contributed by atoms with van der Waals surface area (Å²) in [4.78, 5) is 20.1. The van der Waals surface area contributed by atoms with Gasteiger partial charge in [-0.25, -0.2) is 4.98 Å². The summed E-state index contributed by atoms with van der Waals surface area (Å²) >= 11 is 0. The second-order valence-electron chi connectivity index (χ2n) is 9.37. The maximum atomic E-state index is 13.1. The maximum Gasteiger partial charge on any atom is 0.251 e. The normalized spacial score (nSPS) is 15.1. The van der Waals surface area contributed by atoms with E-state index in [0.717, 1.165) is 49.8 Å². The topological polar surface area (TPSA) is 68.1 Å². The number of imidazole rings is 1. The average molecular weight is 485 g/mol. The van der Waals surface area contributed by atoms with Gasteiger partial charge in [0.05, 0.1) is 24.9 Å². The number of carbonyl (C=O) groups is 1. The van der Waals surface area contributed by atoms with Crippen molar-refractivity contribution < 1.29 is 14.3 Å². The molecule has 1 amide bonds. The first-order valence-corrected chi connectivity index (χ1v) is 12.4. The van der Waals surface area contributed by atoms with E-state index < -0.39 is 0 Å². The predicted molar refractivity (Wildman–Crippen MR) is 139 cm³/mol. The van der Waals surface area contributed by atoms with Gasteiger partial charge in [-0.05, 0) is 55.3 Å². The van der Waals surface area contributed by atoms with Crippen molar-refractivity contribution in [1.82, 2.24) is 19.6 Å². The van der Waals surface area contributed by atoms with E-state index in [1.165, 1.54) is 11.1 Å². The summed E-state index contributed by atoms with van der Waals surface area (Å²) in [7, 11) is 0. The van der Waals surface area contributed by atoms with Crippen LogP contribution in [0.3, 0.4) is 0 Å². The molecule has 36 heavy (non-hydrogen) atoms. The molecule has 1 saturated heterocycles. The minimum absolute atomic E-state index is 0.101. The van der Waals surface area contributed by atoms with Crippen molar-refractivity contribution in [3.05, 3.63) is 101 Å². The number of fused-ring (bicyclic) bond motifs is 1. The summed E-state index contributed by atoms with van der Waals surface area (Å²) in [5.74, 6) is 0.597. The van der Waals surface area contributed by atoms with Gasteiger partial charge in [0.25, 0.3) is 5.91 Å². The smallest absolute Gasteiger partial charge is 0.251 e. The van der Waals surface area contributed by atoms with E-state index in [9.17, 15) is 4.79 Å². The standard InChI is InChI=1S/C29H32N4O3/c1-21-3-6-23(7-4-21)27(19-32-13-15-35-16-14-32)31-29(34)24-8-10-26(11-9-24)36-20-25-18-33-17-22(2)5-12-28(33)30-25/h3-12,17-18,27H,13-16,19-20H2,1-2H3,(H,31,34). The van der Waals surface area contributed by atoms with Gasteiger partial charge in [-0.15, -0.1) is 0 Å². The molecule has 3 heterocycles. The number of ether oxygens (including phenoxy) is 2. The number of rotatable bonds is 8. The van der Waals surface area contributed by atoms with Gasteiger partial charge < -0.3 is 19.2 Å². The van der Waals surface area contributed by atoms with Crippen LogP contribution < -0.4 is 10.1 Å². The number of amides is 1. The van der Waals surface area contributed by atoms with E-state index in [-0.39, 0.29) is 11.9 Å². The molecule has 1 atom stereocenters. The third kappa shape index (κ3) is 5.93. The Kier molecular flexibility index (Phi) is 7.30. The minimum atomic E-state index is -0.106. The van der Waals surface area contributed by atoms with E-state index in [1.54, 1.807) is 12.1 Å². The Morgan fingerprint density at radius 1 is 0.972 bits per heavy atom. The number of nitrogens with zero attached hydrogens (tertiary/aromatic N) is 3. The van der Waals surface area contributed by atoms with Crippen molar-refractivity contribution in [2.24, 2.45) is 0 Å². The monoisotopic (exact) mass is 484 g/mol. The third-order valence-electron chi connectivity index (χ3n) is 6.48. The zero-order chi connectivity index (χ0) is 24.9. The molecule has 0 bridgehead atoms. The van der Waals surface area contributed by atoms with Crippen molar-refractivity contribution in [2.45, 2.75) is 26.5 Å². The van der Waals surface area contributed by atoms with E-state index in [2.05, 4.69) is 53.3 Å². The first-order chi connectivity index (χ1) is 17.5. The van der Waals surface area contributed by atoms with Gasteiger partial charge in [0.1, 0.15) is 18.0 Å². The highest BCUT2D eigenvalue weighted by atomic mass is 16.5. The van der Waals surface area contributed by atoms with Crippen molar-refractivity contribution in [3.8, 4) is 5.75 Å². The molecule has 0 radical (unpaired) electrons. The average Bonchev–Trinajstić information content (AvgIpc) is 3.30. The summed E-state index contributed by atoms with van der Waals surface area (Å²) < 4.78 is 13.4. The lowest BCUT2D eigenvalue weighted by atomic mass is 10.0. The number of carbonyl (C=O) groups excluding carboxylic acids is 1. The number of hydrogen-bond acceptors (Lipinski definition) is 5. The Labute approximate surface area is 211 Å². The summed E-state index contributed by atoms with van der Waals surface area (Å²) in [6.45, 7) is 8.43. The fourth-order valence-electron chi connectivity index (χ4n) is 4.40. The Balaban J connectivity index is 1.22. The SMILES string of the molecule is Cc1ccc(C(CN2CCOCC2)NC(=O)c2ccc(OCc3cn4cc(C)ccc4n3)cc2)cc1. The molecular weight excluding hydrogens is 452 g/mol. The number of aryl methyl sites for hydroxylation is 2. The maximum absolute atomic E-state index is 13.1. The van der Waals surface area contributed by atoms with Gasteiger partial charge >= 0.3 is 0 Å². The molecule has 4 aromatic rings. The van der Waals surface area contributed by atoms with Crippen LogP contribution in [0.4, 0.5) is 0 Å². The number of hydrogen-bond donors (Lipinski definition) is 1. The molecule has 7 nitrogen and oxygen atoms in total. The van der Waals surface area contributed by atoms with Crippen LogP contribution in [-0.2, 0) is 11.3 Å². The lowest BCUT2D eigenvalue weighted by molar-refractivity contribution is 0.0332. The molecular formula is C29H32N4O3. The largest absolute Gasteiger partial charge is 0.487 e. The molecule has 0 aliphatic carbocycles. The molecule has 1 fully saturated rings. The highest BCUT2D eigenvalue weighted by Gasteiger charge is 2.21. The van der Waals surface area contributed by atoms with Crippen LogP contribution in [0.25, 0.3) is 5.65 Å². The van der Waals surface area contributed by atoms with Gasteiger partial charge in [-0.2, -0.15) is 0 Å². The first-order valence-electron chi connectivity index (χ1n) is 12.4. The summed E-state index contributed by atoms with van der Waals surface area (Å²) in [6, 6.07) is 19.6. The van der Waals surface area contributed by atoms with Crippen LogP contribution in [0, 0.1) is 13.8 Å². The molecule has 1 unspecified atom stereocenters. The number of nitrogens with one attached hydrogen (secondary N) is 1. The van der Waals surface area contributed by atoms with Gasteiger partial charge in [0.2, 0.25) is 0 Å². The van der Waals surface area contributed by atoms with Crippen LogP contribution in [0.1, 0.15) is 38.8 Å². The van der Waals surface area contributed by atoms with E-state index in [0.29, 0.717) is 17.9 Å². The van der Waals surface area contributed by atoms with Crippen LogP contribution in [0.5, 0.6) is 5.75 Å². The molecule has 7 heteroatoms. The second-order valence-corrected chi connectivity index (χ2v) is 9.37. The zero-order valence-corrected chi connectivity index (χ0v) is 20.8. The minimum Gasteiger partial charge on any atom is -0.487 e. The lowest BCUT2D eigenvalue weighted by Gasteiger charge is -2.31. The van der Waals surface area contributed by atoms with Crippen LogP contribution in [0.2, 0.25) is 0 Å². The molecule has 2 aromatic carbocycles. The summed E-state index contributed by atoms with van der Waals surface area (Å²) in [6.07, 6.45) is 4.02. The Hall–Kier alpha value is -3.68. The van der Waals surface area contributed by atoms with Crippen molar-refractivity contribution >= 4 is 11.6 Å². The summed E-state index contributed by atoms with van der Waals surface area (Å²) in [5, 5.41) is 3.24. The molecule has 186 valence electrons. The highest BCUT2D eigenvalue weighted by Crippen LogP contribution is 2.19. The van der Waals surface area contributed by atoms with E-state index >= 15 is 0 Å². The van der Waals surface area contributed by atoms with Gasteiger partial charge in [-0.3, -0.25) is 9.69 Å². The Morgan fingerprint density at radius 2 is 1.69 bits per heavy atom. The second kappa shape index (κ2) is 10.9. The predicted octanol–water partition coefficient (Wildman–Crippen LogP) is 4.33. The van der Waals surface area contributed by atoms with Crippen molar-refractivity contribution in [2.75, 3.05) is 32.8 Å². The first kappa shape index (κ1) is 24.0. The fraction of sp³-hybridized carbons (Fsp3) is 0.310. The van der Waals surface area contributed by atoms with Gasteiger partial charge in [-0.1, -0.05) is 35.9 Å². The number of benzene rings is 2. The van der Waals surface area contributed by atoms with Crippen LogP contribution in [0.15, 0.2) is 73.1 Å². The third-order valence-corrected chi connectivity index (χ3v) is 6.48. The molecule has 1 aliphatic rings.